The Kier molecular flexibility index (Phi) is 5.79. The number of rotatable bonds is 7. The number of ketones is 1. The third kappa shape index (κ3) is 4.15. The highest BCUT2D eigenvalue weighted by Crippen LogP contribution is 2.08. The molecular formula is C14H20O2. The monoisotopic (exact) mass is 220 g/mol. The van der Waals surface area contributed by atoms with Gasteiger partial charge in [-0.15, -0.1) is 0 Å². The normalized spacial score (nSPS) is 10.4. The van der Waals surface area contributed by atoms with Gasteiger partial charge in [0.05, 0.1) is 0 Å². The molecule has 0 saturated heterocycles. The second-order valence-electron chi connectivity index (χ2n) is 3.93. The molecule has 0 spiro atoms. The lowest BCUT2D eigenvalue weighted by Gasteiger charge is -2.04. The van der Waals surface area contributed by atoms with Gasteiger partial charge < -0.3 is 4.74 Å². The zero-order valence-electron chi connectivity index (χ0n) is 10.2. The number of ether oxygens (including phenoxy) is 1. The molecule has 1 rings (SSSR count). The first-order valence-corrected chi connectivity index (χ1v) is 5.97. The smallest absolute Gasteiger partial charge is 0.188 e. The van der Waals surface area contributed by atoms with Crippen molar-refractivity contribution >= 4 is 5.78 Å². The lowest BCUT2D eigenvalue weighted by molar-refractivity contribution is 0.0761. The Labute approximate surface area is 97.6 Å². The van der Waals surface area contributed by atoms with E-state index in [2.05, 4.69) is 13.0 Å². The number of hydrogen-bond acceptors (Lipinski definition) is 2. The fraction of sp³-hybridized carbons (Fsp3) is 0.500. The number of benzene rings is 1. The first-order valence-electron chi connectivity index (χ1n) is 5.97. The van der Waals surface area contributed by atoms with Crippen LogP contribution in [0.25, 0.3) is 0 Å². The highest BCUT2D eigenvalue weighted by Gasteiger charge is 2.05. The Hall–Kier alpha value is -1.15. The van der Waals surface area contributed by atoms with Crippen molar-refractivity contribution < 1.29 is 9.53 Å². The van der Waals surface area contributed by atoms with Gasteiger partial charge in [0, 0.05) is 12.2 Å². The molecule has 0 radical (unpaired) electrons. The molecule has 0 N–H and O–H groups in total. The summed E-state index contributed by atoms with van der Waals surface area (Å²) in [5.41, 5.74) is 1.99. The summed E-state index contributed by atoms with van der Waals surface area (Å²) in [4.78, 5) is 11.8. The van der Waals surface area contributed by atoms with Crippen LogP contribution in [-0.2, 0) is 11.2 Å². The molecule has 2 nitrogen and oxygen atoms in total. The van der Waals surface area contributed by atoms with Crippen LogP contribution in [0.2, 0.25) is 0 Å². The van der Waals surface area contributed by atoms with Crippen LogP contribution in [0, 0.1) is 0 Å². The van der Waals surface area contributed by atoms with E-state index in [1.807, 2.05) is 25.1 Å². The van der Waals surface area contributed by atoms with E-state index in [9.17, 15) is 4.79 Å². The van der Waals surface area contributed by atoms with Crippen molar-refractivity contribution in [2.24, 2.45) is 0 Å². The molecule has 0 heterocycles. The lowest BCUT2D eigenvalue weighted by atomic mass is 10.0. The van der Waals surface area contributed by atoms with Crippen LogP contribution in [0.4, 0.5) is 0 Å². The highest BCUT2D eigenvalue weighted by molar-refractivity contribution is 5.97. The molecular weight excluding hydrogens is 200 g/mol. The summed E-state index contributed by atoms with van der Waals surface area (Å²) in [6, 6.07) is 7.84. The Bertz CT molecular complexity index is 331. The van der Waals surface area contributed by atoms with Crippen LogP contribution >= 0.6 is 0 Å². The van der Waals surface area contributed by atoms with E-state index in [1.54, 1.807) is 0 Å². The van der Waals surface area contributed by atoms with Crippen LogP contribution in [0.3, 0.4) is 0 Å². The molecule has 0 aromatic heterocycles. The van der Waals surface area contributed by atoms with E-state index in [4.69, 9.17) is 4.74 Å². The third-order valence-corrected chi connectivity index (χ3v) is 2.37. The molecule has 0 saturated carbocycles. The van der Waals surface area contributed by atoms with Gasteiger partial charge in [-0.3, -0.25) is 4.79 Å². The molecule has 1 aromatic rings. The maximum absolute atomic E-state index is 11.8. The Morgan fingerprint density at radius 1 is 1.25 bits per heavy atom. The Balaban J connectivity index is 2.57. The van der Waals surface area contributed by atoms with Crippen LogP contribution in [0.15, 0.2) is 24.3 Å². The molecule has 0 aliphatic carbocycles. The predicted molar refractivity (Wildman–Crippen MR) is 65.9 cm³/mol. The van der Waals surface area contributed by atoms with Crippen molar-refractivity contribution in [3.8, 4) is 0 Å². The largest absolute Gasteiger partial charge is 0.373 e. The van der Waals surface area contributed by atoms with Gasteiger partial charge in [0.2, 0.25) is 0 Å². The fourth-order valence-corrected chi connectivity index (χ4v) is 1.58. The Morgan fingerprint density at radius 3 is 2.75 bits per heavy atom. The van der Waals surface area contributed by atoms with Crippen LogP contribution < -0.4 is 0 Å². The number of carbonyl (C=O) groups excluding carboxylic acids is 1. The standard InChI is InChI=1S/C14H20O2/c1-3-6-12-7-5-8-13(10-12)14(15)11-16-9-4-2/h5,7-8,10H,3-4,6,9,11H2,1-2H3. The van der Waals surface area contributed by atoms with Crippen molar-refractivity contribution in [2.75, 3.05) is 13.2 Å². The minimum atomic E-state index is 0.0754. The van der Waals surface area contributed by atoms with Gasteiger partial charge in [0.25, 0.3) is 0 Å². The van der Waals surface area contributed by atoms with Gasteiger partial charge in [0.15, 0.2) is 5.78 Å². The summed E-state index contributed by atoms with van der Waals surface area (Å²) in [7, 11) is 0. The number of aryl methyl sites for hydroxylation is 1. The van der Waals surface area contributed by atoms with Crippen molar-refractivity contribution in [1.82, 2.24) is 0 Å². The molecule has 1 aromatic carbocycles. The molecule has 88 valence electrons. The number of hydrogen-bond donors (Lipinski definition) is 0. The zero-order valence-corrected chi connectivity index (χ0v) is 10.2. The molecule has 0 fully saturated rings. The third-order valence-electron chi connectivity index (χ3n) is 2.37. The van der Waals surface area contributed by atoms with E-state index in [0.29, 0.717) is 6.61 Å². The average molecular weight is 220 g/mol. The second-order valence-corrected chi connectivity index (χ2v) is 3.93. The van der Waals surface area contributed by atoms with Crippen LogP contribution in [-0.4, -0.2) is 19.0 Å². The van der Waals surface area contributed by atoms with Gasteiger partial charge in [-0.1, -0.05) is 38.5 Å². The SMILES string of the molecule is CCCOCC(=O)c1cccc(CCC)c1. The summed E-state index contributed by atoms with van der Waals surface area (Å²) < 4.78 is 5.25. The topological polar surface area (TPSA) is 26.3 Å². The molecule has 0 aliphatic rings. The molecule has 0 bridgehead atoms. The quantitative estimate of drug-likeness (QED) is 0.521. The van der Waals surface area contributed by atoms with Gasteiger partial charge in [-0.25, -0.2) is 0 Å². The van der Waals surface area contributed by atoms with Crippen LogP contribution in [0.1, 0.15) is 42.6 Å². The van der Waals surface area contributed by atoms with E-state index < -0.39 is 0 Å². The molecule has 0 aliphatic heterocycles. The summed E-state index contributed by atoms with van der Waals surface area (Å²) >= 11 is 0. The molecule has 16 heavy (non-hydrogen) atoms. The first kappa shape index (κ1) is 12.9. The summed E-state index contributed by atoms with van der Waals surface area (Å²) in [6.45, 7) is 5.02. The number of Topliss-reactive ketones (excluding diaryl/α,β-unsaturated/α-hetero) is 1. The highest BCUT2D eigenvalue weighted by atomic mass is 16.5. The van der Waals surface area contributed by atoms with Gasteiger partial charge >= 0.3 is 0 Å². The van der Waals surface area contributed by atoms with E-state index >= 15 is 0 Å². The van der Waals surface area contributed by atoms with Crippen LogP contribution in [0.5, 0.6) is 0 Å². The van der Waals surface area contributed by atoms with Crippen molar-refractivity contribution in [3.05, 3.63) is 35.4 Å². The second kappa shape index (κ2) is 7.18. The summed E-state index contributed by atoms with van der Waals surface area (Å²) in [5.74, 6) is 0.0754. The summed E-state index contributed by atoms with van der Waals surface area (Å²) in [5, 5.41) is 0. The molecule has 0 amide bonds. The van der Waals surface area contributed by atoms with Gasteiger partial charge in [-0.05, 0) is 24.5 Å². The maximum atomic E-state index is 11.8. The summed E-state index contributed by atoms with van der Waals surface area (Å²) in [6.07, 6.45) is 3.07. The minimum absolute atomic E-state index is 0.0754. The lowest BCUT2D eigenvalue weighted by Crippen LogP contribution is -2.09. The van der Waals surface area contributed by atoms with E-state index in [-0.39, 0.29) is 12.4 Å². The van der Waals surface area contributed by atoms with Crippen molar-refractivity contribution in [3.63, 3.8) is 0 Å². The molecule has 2 heteroatoms. The zero-order chi connectivity index (χ0) is 11.8. The number of carbonyl (C=O) groups is 1. The fourth-order valence-electron chi connectivity index (χ4n) is 1.58. The van der Waals surface area contributed by atoms with Crippen molar-refractivity contribution in [1.29, 1.82) is 0 Å². The predicted octanol–water partition coefficient (Wildman–Crippen LogP) is 3.25. The maximum Gasteiger partial charge on any atom is 0.188 e. The first-order chi connectivity index (χ1) is 7.77. The van der Waals surface area contributed by atoms with Crippen molar-refractivity contribution in [2.45, 2.75) is 33.1 Å². The van der Waals surface area contributed by atoms with Gasteiger partial charge in [-0.2, -0.15) is 0 Å². The molecule has 0 unspecified atom stereocenters. The van der Waals surface area contributed by atoms with E-state index in [1.165, 1.54) is 5.56 Å². The van der Waals surface area contributed by atoms with Gasteiger partial charge in [0.1, 0.15) is 6.61 Å². The minimum Gasteiger partial charge on any atom is -0.373 e. The van der Waals surface area contributed by atoms with E-state index in [0.717, 1.165) is 24.8 Å². The molecule has 0 atom stereocenters. The Morgan fingerprint density at radius 2 is 2.06 bits per heavy atom. The average Bonchev–Trinajstić information content (AvgIpc) is 2.30.